The van der Waals surface area contributed by atoms with Gasteiger partial charge in [-0.05, 0) is 156 Å². The number of methoxy groups -OCH3 is 1. The van der Waals surface area contributed by atoms with Crippen molar-refractivity contribution in [2.45, 2.75) is 84.8 Å². The highest BCUT2D eigenvalue weighted by atomic mass is 32.2. The standard InChI is InChI=1S/C23H25N3O3S.C22H23N3O3S.C18H17N3O/c1-3-29-19-12-13-20-21(15-24)23(26(22(20)14-19)18-6-5-7-18)16-8-10-17(11-9-16)25-30(27,28)4-2;1-3-28-18-11-12-19-20(14-23)22(25(21(19)13-18)17-5-4-6-17)15-7-9-16(10-8-15)24-29(2,26)27;1-3-21-17-10-14(22-2)8-9-15(17)16(11-19)18(21)12-4-6-13(20)7-5-12/h8-14,18,25H,3-7H2,1-2H3;7-13,17,24H,3-6H2,1-2H3;4-10H,3,20H2,1-2H3. The number of benzene rings is 6. The molecule has 16 nitrogen and oxygen atoms in total. The predicted molar refractivity (Wildman–Crippen MR) is 323 cm³/mol. The summed E-state index contributed by atoms with van der Waals surface area (Å²) in [4.78, 5) is 0. The lowest BCUT2D eigenvalue weighted by molar-refractivity contribution is 0.322. The maximum absolute atomic E-state index is 11.8. The summed E-state index contributed by atoms with van der Waals surface area (Å²) in [5, 5.41) is 32.4. The fourth-order valence-corrected chi connectivity index (χ4v) is 11.8. The van der Waals surface area contributed by atoms with Crippen LogP contribution in [0.4, 0.5) is 17.1 Å². The first-order chi connectivity index (χ1) is 39.1. The van der Waals surface area contributed by atoms with Crippen molar-refractivity contribution in [1.29, 1.82) is 15.8 Å². The molecule has 9 aromatic rings. The van der Waals surface area contributed by atoms with Gasteiger partial charge >= 0.3 is 0 Å². The minimum atomic E-state index is -3.34. The predicted octanol–water partition coefficient (Wildman–Crippen LogP) is 13.5. The number of nitriles is 3. The molecule has 0 bridgehead atoms. The van der Waals surface area contributed by atoms with E-state index in [4.69, 9.17) is 19.9 Å². The van der Waals surface area contributed by atoms with Crippen LogP contribution < -0.4 is 29.4 Å². The molecule has 2 aliphatic rings. The number of nitrogen functional groups attached to an aromatic ring is 1. The number of ether oxygens (including phenoxy) is 3. The lowest BCUT2D eigenvalue weighted by atomic mass is 9.92. The number of hydrogen-bond acceptors (Lipinski definition) is 11. The van der Waals surface area contributed by atoms with E-state index in [-0.39, 0.29) is 5.75 Å². The fraction of sp³-hybridized carbons (Fsp3) is 0.286. The zero-order chi connectivity index (χ0) is 57.6. The molecule has 81 heavy (non-hydrogen) atoms. The molecule has 0 atom stereocenters. The second-order valence-corrected chi connectivity index (χ2v) is 23.7. The molecule has 4 N–H and O–H groups in total. The number of sulfonamides is 2. The topological polar surface area (TPSA) is 232 Å². The van der Waals surface area contributed by atoms with Crippen molar-refractivity contribution in [2.24, 2.45) is 0 Å². The van der Waals surface area contributed by atoms with Crippen LogP contribution in [0.1, 0.15) is 95.0 Å². The van der Waals surface area contributed by atoms with Crippen molar-refractivity contribution in [2.75, 3.05) is 47.5 Å². The molecule has 3 heterocycles. The summed E-state index contributed by atoms with van der Waals surface area (Å²) in [5.74, 6) is 2.39. The van der Waals surface area contributed by atoms with Crippen LogP contribution in [0, 0.1) is 34.0 Å². The molecule has 2 aliphatic carbocycles. The average molecular weight is 1120 g/mol. The molecular formula is C63H65N9O7S2. The monoisotopic (exact) mass is 1120 g/mol. The largest absolute Gasteiger partial charge is 0.497 e. The van der Waals surface area contributed by atoms with Crippen LogP contribution in [-0.2, 0) is 26.6 Å². The Hall–Kier alpha value is -8.89. The number of nitrogens with two attached hydrogens (primary N) is 1. The van der Waals surface area contributed by atoms with Crippen LogP contribution in [0.3, 0.4) is 0 Å². The summed E-state index contributed by atoms with van der Waals surface area (Å²) in [5.41, 5.74) is 17.9. The zero-order valence-electron chi connectivity index (χ0n) is 46.3. The second-order valence-electron chi connectivity index (χ2n) is 19.9. The first-order valence-electron chi connectivity index (χ1n) is 27.1. The van der Waals surface area contributed by atoms with Gasteiger partial charge in [-0.25, -0.2) is 16.8 Å². The second kappa shape index (κ2) is 24.2. The number of rotatable bonds is 16. The van der Waals surface area contributed by atoms with Crippen molar-refractivity contribution in [3.63, 3.8) is 0 Å². The lowest BCUT2D eigenvalue weighted by Crippen LogP contribution is -2.18. The summed E-state index contributed by atoms with van der Waals surface area (Å²) in [6.45, 7) is 9.52. The molecule has 0 aliphatic heterocycles. The van der Waals surface area contributed by atoms with Crippen LogP contribution in [-0.4, -0.2) is 62.9 Å². The summed E-state index contributed by atoms with van der Waals surface area (Å²) >= 11 is 0. The average Bonchev–Trinajstić information content (AvgIpc) is 4.15. The first kappa shape index (κ1) is 56.8. The van der Waals surface area contributed by atoms with E-state index >= 15 is 0 Å². The van der Waals surface area contributed by atoms with Crippen molar-refractivity contribution >= 4 is 69.8 Å². The highest BCUT2D eigenvalue weighted by molar-refractivity contribution is 7.92. The van der Waals surface area contributed by atoms with Crippen LogP contribution >= 0.6 is 0 Å². The Bertz CT molecular complexity index is 4140. The third kappa shape index (κ3) is 11.9. The van der Waals surface area contributed by atoms with E-state index in [9.17, 15) is 32.6 Å². The number of nitrogens with one attached hydrogen (secondary N) is 2. The number of aromatic nitrogens is 3. The lowest BCUT2D eigenvalue weighted by Gasteiger charge is -2.30. The van der Waals surface area contributed by atoms with Gasteiger partial charge in [-0.15, -0.1) is 0 Å². The third-order valence-electron chi connectivity index (χ3n) is 14.8. The van der Waals surface area contributed by atoms with E-state index in [1.54, 1.807) is 38.3 Å². The Morgan fingerprint density at radius 2 is 0.938 bits per heavy atom. The van der Waals surface area contributed by atoms with Gasteiger partial charge in [0.1, 0.15) is 35.5 Å². The van der Waals surface area contributed by atoms with Crippen molar-refractivity contribution in [1.82, 2.24) is 13.7 Å². The molecule has 11 rings (SSSR count). The van der Waals surface area contributed by atoms with E-state index < -0.39 is 20.0 Å². The zero-order valence-corrected chi connectivity index (χ0v) is 47.9. The molecule has 0 amide bonds. The van der Waals surface area contributed by atoms with Crippen LogP contribution in [0.15, 0.2) is 127 Å². The van der Waals surface area contributed by atoms with Gasteiger partial charge < -0.3 is 33.6 Å². The molecule has 2 fully saturated rings. The SMILES string of the molecule is CCOc1ccc2c(C#N)c(-c3ccc(NS(=O)(=O)CC)cc3)n(C3CCC3)c2c1.CCOc1ccc2c(C#N)c(-c3ccc(NS(C)(=O)=O)cc3)n(C3CCC3)c2c1.CCn1c(-c2ccc(N)cc2)c(C#N)c2ccc(OC)cc21. The van der Waals surface area contributed by atoms with E-state index in [1.807, 2.05) is 117 Å². The molecular weight excluding hydrogens is 1060 g/mol. The summed E-state index contributed by atoms with van der Waals surface area (Å²) < 4.78 is 75.1. The number of hydrogen-bond donors (Lipinski definition) is 3. The Labute approximate surface area is 473 Å². The fourth-order valence-electron chi connectivity index (χ4n) is 10.6. The number of anilines is 3. The minimum Gasteiger partial charge on any atom is -0.497 e. The third-order valence-corrected chi connectivity index (χ3v) is 16.7. The quantitative estimate of drug-likeness (QED) is 0.0770. The van der Waals surface area contributed by atoms with Gasteiger partial charge in [-0.3, -0.25) is 9.44 Å². The number of fused-ring (bicyclic) bond motifs is 3. The molecule has 2 saturated carbocycles. The highest BCUT2D eigenvalue weighted by Crippen LogP contribution is 2.45. The number of nitrogens with zero attached hydrogens (tertiary/aromatic N) is 6. The van der Waals surface area contributed by atoms with Gasteiger partial charge in [-0.1, -0.05) is 36.4 Å². The Morgan fingerprint density at radius 3 is 1.32 bits per heavy atom. The summed E-state index contributed by atoms with van der Waals surface area (Å²) in [6, 6.07) is 47.4. The van der Waals surface area contributed by atoms with Crippen LogP contribution in [0.5, 0.6) is 17.2 Å². The molecule has 416 valence electrons. The van der Waals surface area contributed by atoms with E-state index in [2.05, 4.69) is 48.3 Å². The molecule has 0 saturated heterocycles. The Balaban J connectivity index is 0.000000149. The molecule has 0 radical (unpaired) electrons. The van der Waals surface area contributed by atoms with Crippen LogP contribution in [0.25, 0.3) is 66.5 Å². The smallest absolute Gasteiger partial charge is 0.232 e. The Morgan fingerprint density at radius 1 is 0.543 bits per heavy atom. The maximum Gasteiger partial charge on any atom is 0.232 e. The van der Waals surface area contributed by atoms with Gasteiger partial charge in [0.15, 0.2) is 0 Å². The highest BCUT2D eigenvalue weighted by Gasteiger charge is 2.30. The van der Waals surface area contributed by atoms with Crippen molar-refractivity contribution in [3.05, 3.63) is 144 Å². The minimum absolute atomic E-state index is 0.0193. The molecule has 3 aromatic heterocycles. The van der Waals surface area contributed by atoms with Gasteiger partial charge in [0, 0.05) is 70.0 Å². The van der Waals surface area contributed by atoms with E-state index in [1.165, 1.54) is 12.8 Å². The molecule has 0 spiro atoms. The van der Waals surface area contributed by atoms with Crippen molar-refractivity contribution < 1.29 is 31.0 Å². The summed E-state index contributed by atoms with van der Waals surface area (Å²) in [7, 11) is -5.02. The van der Waals surface area contributed by atoms with Gasteiger partial charge in [-0.2, -0.15) is 15.8 Å². The maximum atomic E-state index is 11.8. The molecule has 6 aromatic carbocycles. The molecule has 18 heteroatoms. The summed E-state index contributed by atoms with van der Waals surface area (Å²) in [6.07, 6.45) is 7.79. The van der Waals surface area contributed by atoms with Gasteiger partial charge in [0.05, 0.1) is 82.7 Å². The Kier molecular flexibility index (Phi) is 17.0. The van der Waals surface area contributed by atoms with Crippen molar-refractivity contribution in [3.8, 4) is 69.2 Å². The van der Waals surface area contributed by atoms with E-state index in [0.717, 1.165) is 122 Å². The molecule has 0 unspecified atom stereocenters. The van der Waals surface area contributed by atoms with Gasteiger partial charge in [0.25, 0.3) is 0 Å². The normalized spacial score (nSPS) is 13.3. The van der Waals surface area contributed by atoms with Crippen LogP contribution in [0.2, 0.25) is 0 Å². The van der Waals surface area contributed by atoms with Gasteiger partial charge in [0.2, 0.25) is 20.0 Å². The number of aryl methyl sites for hydroxylation is 1. The first-order valence-corrected chi connectivity index (χ1v) is 30.7. The van der Waals surface area contributed by atoms with E-state index in [0.29, 0.717) is 59.0 Å².